The van der Waals surface area contributed by atoms with Gasteiger partial charge in [-0.15, -0.1) is 0 Å². The zero-order valence-corrected chi connectivity index (χ0v) is 88.8. The Bertz CT molecular complexity index is 7390. The van der Waals surface area contributed by atoms with Crippen molar-refractivity contribution in [3.8, 4) is 0 Å². The van der Waals surface area contributed by atoms with Crippen LogP contribution in [0.4, 0.5) is 23.2 Å². The highest BCUT2D eigenvalue weighted by Gasteiger charge is 2.25. The number of allylic oxidation sites excluding steroid dienone is 10. The summed E-state index contributed by atoms with van der Waals surface area (Å²) in [5, 5.41) is 12.7. The van der Waals surface area contributed by atoms with E-state index in [0.717, 1.165) is 160 Å². The van der Waals surface area contributed by atoms with Gasteiger partial charge in [0.2, 0.25) is 23.8 Å². The number of nitrogens with one attached hydrogen (secondary N) is 2. The molecule has 0 spiro atoms. The lowest BCUT2D eigenvalue weighted by atomic mass is 9.98. The molecule has 0 radical (unpaired) electrons. The number of rotatable bonds is 11. The number of fused-ring (bicyclic) bond motifs is 2. The van der Waals surface area contributed by atoms with Gasteiger partial charge in [0.15, 0.2) is 5.78 Å². The second-order valence-electron chi connectivity index (χ2n) is 37.9. The lowest BCUT2D eigenvalue weighted by Crippen LogP contribution is -1.98. The van der Waals surface area contributed by atoms with Crippen molar-refractivity contribution in [2.75, 3.05) is 5.73 Å². The molecule has 4 N–H and O–H groups in total. The van der Waals surface area contributed by atoms with Crippen LogP contribution in [0.2, 0.25) is 5.02 Å². The van der Waals surface area contributed by atoms with Gasteiger partial charge >= 0.3 is 0 Å². The van der Waals surface area contributed by atoms with Gasteiger partial charge in [0.1, 0.15) is 10.9 Å². The minimum atomic E-state index is -0.634. The molecule has 28 heteroatoms. The number of halogens is 6. The summed E-state index contributed by atoms with van der Waals surface area (Å²) >= 11 is 12.0. The highest BCUT2D eigenvalue weighted by Crippen LogP contribution is 2.39. The average Bonchev–Trinajstić information content (AvgIpc) is 1.67. The molecule has 0 aliphatic carbocycles. The van der Waals surface area contributed by atoms with Crippen LogP contribution in [0.5, 0.6) is 0 Å². The van der Waals surface area contributed by atoms with Crippen molar-refractivity contribution in [2.24, 2.45) is 49.9 Å². The molecule has 11 aliphatic heterocycles. The van der Waals surface area contributed by atoms with Crippen LogP contribution >= 0.6 is 23.2 Å². The van der Waals surface area contributed by atoms with Crippen molar-refractivity contribution in [1.82, 2.24) is 50.4 Å². The Hall–Kier alpha value is -15.4. The van der Waals surface area contributed by atoms with Crippen LogP contribution in [0, 0.1) is 87.1 Å². The number of H-pyrrole nitrogens is 1. The average molecular weight is 2010 g/mol. The normalized spacial score (nSPS) is 15.7. The Balaban J connectivity index is 0.000000137. The van der Waals surface area contributed by atoms with Crippen molar-refractivity contribution in [1.29, 1.82) is 0 Å². The van der Waals surface area contributed by atoms with Crippen molar-refractivity contribution in [3.63, 3.8) is 0 Å². The van der Waals surface area contributed by atoms with Gasteiger partial charge in [0.25, 0.3) is 0 Å². The van der Waals surface area contributed by atoms with Gasteiger partial charge in [-0.05, 0) is 301 Å². The van der Waals surface area contributed by atoms with E-state index in [0.29, 0.717) is 68.3 Å². The summed E-state index contributed by atoms with van der Waals surface area (Å²) in [6.07, 6.45) is 27.2. The molecule has 11 aromatic rings. The number of carbonyl (C=O) groups is 1. The fraction of sp³-hybridized carbons (Fsp3) is 0.269. The smallest absolute Gasteiger partial charge is 0.220 e. The van der Waals surface area contributed by atoms with Crippen molar-refractivity contribution >= 4 is 164 Å². The fourth-order valence-electron chi connectivity index (χ4n) is 17.2. The summed E-state index contributed by atoms with van der Waals surface area (Å²) in [6, 6.07) is 43.1. The molecule has 0 amide bonds. The number of aryl methyl sites for hydroxylation is 10. The zero-order valence-electron chi connectivity index (χ0n) is 87.3. The molecule has 0 fully saturated rings. The van der Waals surface area contributed by atoms with Crippen LogP contribution in [0.1, 0.15) is 274 Å². The summed E-state index contributed by atoms with van der Waals surface area (Å²) in [5.41, 5.74) is 52.1. The van der Waals surface area contributed by atoms with E-state index in [2.05, 4.69) is 222 Å². The van der Waals surface area contributed by atoms with Crippen LogP contribution in [-0.4, -0.2) is 108 Å². The van der Waals surface area contributed by atoms with Crippen LogP contribution in [0.25, 0.3) is 72.3 Å². The molecule has 22 nitrogen and oxygen atoms in total. The maximum Gasteiger partial charge on any atom is 0.220 e. The van der Waals surface area contributed by atoms with E-state index in [1.54, 1.807) is 82.6 Å². The lowest BCUT2D eigenvalue weighted by molar-refractivity contribution is 0.101. The summed E-state index contributed by atoms with van der Waals surface area (Å²) in [4.78, 5) is 81.2. The van der Waals surface area contributed by atoms with E-state index >= 15 is 0 Å². The van der Waals surface area contributed by atoms with Gasteiger partial charge in [-0.1, -0.05) is 78.3 Å². The molecule has 147 heavy (non-hydrogen) atoms. The highest BCUT2D eigenvalue weighted by molar-refractivity contribution is 6.35. The molecular formula is C119H123Cl2F4N21O. The number of hydrogen-bond acceptors (Lipinski definition) is 21. The van der Waals surface area contributed by atoms with Gasteiger partial charge in [-0.25, -0.2) is 24.9 Å². The quantitative estimate of drug-likeness (QED) is 0.0359. The van der Waals surface area contributed by atoms with E-state index in [-0.39, 0.29) is 16.9 Å². The second kappa shape index (κ2) is 49.9. The number of aromatic nitrogens is 9. The summed E-state index contributed by atoms with van der Waals surface area (Å²) in [6.45, 7) is 45.8. The third-order valence-corrected chi connectivity index (χ3v) is 25.6. The maximum absolute atomic E-state index is 13.5. The molecule has 0 saturated carbocycles. The molecule has 22 rings (SSSR count). The minimum absolute atomic E-state index is 0.00520. The first-order chi connectivity index (χ1) is 70.1. The Labute approximate surface area is 868 Å². The number of ketones is 1. The van der Waals surface area contributed by atoms with Crippen LogP contribution in [0.3, 0.4) is 0 Å². The second-order valence-corrected chi connectivity index (χ2v) is 38.6. The number of benzene rings is 3. The molecule has 0 unspecified atom stereocenters. The molecule has 752 valence electrons. The number of Topliss-reactive ketones (excluding diaryl/α,β-unsaturated/α-hetero) is 1. The van der Waals surface area contributed by atoms with E-state index in [1.165, 1.54) is 113 Å². The van der Waals surface area contributed by atoms with Gasteiger partial charge in [0, 0.05) is 309 Å². The van der Waals surface area contributed by atoms with Crippen molar-refractivity contribution in [2.45, 2.75) is 216 Å². The maximum atomic E-state index is 13.5. The third-order valence-electron chi connectivity index (χ3n) is 24.9. The number of nitrogens with two attached hydrogens (primary N) is 1. The molecule has 19 heterocycles. The number of anilines is 1. The fourth-order valence-corrected chi connectivity index (χ4v) is 17.8. The summed E-state index contributed by atoms with van der Waals surface area (Å²) < 4.78 is 53.7. The van der Waals surface area contributed by atoms with Crippen LogP contribution < -0.4 is 11.1 Å². The van der Waals surface area contributed by atoms with Crippen LogP contribution in [0.15, 0.2) is 263 Å². The predicted octanol–water partition coefficient (Wildman–Crippen LogP) is 29.4. The highest BCUT2D eigenvalue weighted by atomic mass is 35.5. The predicted molar refractivity (Wildman–Crippen MR) is 603 cm³/mol. The number of aliphatic imine (C=N–C) groups is 10. The van der Waals surface area contributed by atoms with Crippen molar-refractivity contribution in [3.05, 3.63) is 365 Å². The van der Waals surface area contributed by atoms with Gasteiger partial charge in [-0.3, -0.25) is 69.8 Å². The Kier molecular flexibility index (Phi) is 37.0. The Morgan fingerprint density at radius 3 is 1.22 bits per heavy atom. The summed E-state index contributed by atoms with van der Waals surface area (Å²) in [5.74, 6) is -2.12. The lowest BCUT2D eigenvalue weighted by Gasteiger charge is -2.06. The van der Waals surface area contributed by atoms with E-state index < -0.39 is 23.8 Å². The van der Waals surface area contributed by atoms with Gasteiger partial charge < -0.3 is 11.1 Å². The largest absolute Gasteiger partial charge is 0.398 e. The number of pyridine rings is 7. The number of nitrogen functional groups attached to an aromatic ring is 1. The van der Waals surface area contributed by atoms with E-state index in [1.807, 2.05) is 136 Å². The molecule has 0 bridgehead atoms. The topological polar surface area (TPSA) is 298 Å². The monoisotopic (exact) mass is 2010 g/mol. The first-order valence-corrected chi connectivity index (χ1v) is 49.3. The molecular weight excluding hydrogens is 1890 g/mol. The molecule has 3 aromatic carbocycles. The van der Waals surface area contributed by atoms with E-state index in [4.69, 9.17) is 28.9 Å². The number of hydrogen-bond donors (Lipinski definition) is 3. The van der Waals surface area contributed by atoms with Crippen molar-refractivity contribution < 1.29 is 22.4 Å². The molecule has 0 atom stereocenters. The first-order valence-electron chi connectivity index (χ1n) is 48.5. The first kappa shape index (κ1) is 109. The number of aromatic amines is 1. The third kappa shape index (κ3) is 29.7. The van der Waals surface area contributed by atoms with Crippen LogP contribution in [-0.2, 0) is 6.54 Å². The molecule has 0 saturated heterocycles. The number of nitrogens with zero attached hydrogens (tertiary/aromatic N) is 18. The Morgan fingerprint density at radius 1 is 0.361 bits per heavy atom. The van der Waals surface area contributed by atoms with Gasteiger partial charge in [-0.2, -0.15) is 22.7 Å². The molecule has 11 aliphatic rings. The van der Waals surface area contributed by atoms with Gasteiger partial charge in [0.05, 0.1) is 16.2 Å². The SMILES string of the molecule is C=C1NCc2ccc(C3=CN=C(C)C3)cc21.CC(=O)c1ccc(C2=CN=C(C)C2)cn1.CC1=NC(Cl)=C(c2ccc(C)nc2F)C1.CC1=NC(F)=C(c2ccc(C)nc2F)C1.CC1=NC=C(c2cc(C)nc(C)c2)C1.CC1=NC=C(c2ccc(C)nc2C)C1.CC1=NC=C(c2ccc(C)nc2F)C1.CC1=NC=C(c2ccc3c(C)[nH]nc3c2)C1.CC1=NC=C(c2cccc(N)c2Cl)C1.CC1=NC=C(c2cnc(C)cc2C)C1. The standard InChI is InChI=1S/C14H14N2.C13H13N3.C12H12N2O.3C12H14N2.C11H10ClFN2.C11H11ClN2.C11H10F2N2.C11H11FN2/c1-9-5-13(8-15-9)11-3-4-12-7-16-10(2)14(12)6-11;1-8-5-11(7-14-8)10-3-4-12-9(2)15-16-13(12)6-10;1-8-5-11(7-13-8)10-3-4-12(9(2)15)14-6-10;1-8-4-12(7-13-8)11-5-9(2)14-10(3)6-11;1-8-4-9(2)14-7-12(8)11-5-10(3)13-6-11;1-8-4-5-12(10(3)14-8)11-6-9(2)13-7-11;1-6-3-4-8(11(13)15-6)9-5-7(2)14-10(9)12;1-7-5-8(6-14-7)9-3-2-4-10(13)11(9)12;1-6-3-4-8(10(12)14-6)9-5-7(2)15-11(9)13;1-7-3-4-10(11(12)14-7)9-5-8(2)13-6-9/h3-4,6,8,16H,2,5,7H2,1H3;3-4,6-7H,5H2,1-2H3,(H,15,16);3-4,6-7H,5H2,1-2H3;5-7H,4H2,1-3H3;4,6-7H,5H2,1-3H3;4-5,7H,6H2,1-3H3;3-4H,5H2,1-2H3;2-4,6H,5,13H2,1H3;3-4H,5H2,1-2H3;3-4,6H,5H2,1-2H3. The van der Waals surface area contributed by atoms with E-state index in [9.17, 15) is 22.4 Å². The zero-order chi connectivity index (χ0) is 106. The summed E-state index contributed by atoms with van der Waals surface area (Å²) in [7, 11) is 0. The Morgan fingerprint density at radius 2 is 0.782 bits per heavy atom. The minimum Gasteiger partial charge on any atom is -0.398 e. The molecule has 8 aromatic heterocycles. The number of carbonyl (C=O) groups excluding carboxylic acids is 1.